The van der Waals surface area contributed by atoms with E-state index in [4.69, 9.17) is 27.9 Å². The van der Waals surface area contributed by atoms with Crippen molar-refractivity contribution in [2.75, 3.05) is 32.1 Å². The van der Waals surface area contributed by atoms with Gasteiger partial charge in [0, 0.05) is 41.2 Å². The first-order valence-corrected chi connectivity index (χ1v) is 8.54. The van der Waals surface area contributed by atoms with Crippen LogP contribution in [0.25, 0.3) is 0 Å². The highest BCUT2D eigenvalue weighted by Gasteiger charge is 2.09. The van der Waals surface area contributed by atoms with E-state index in [1.807, 2.05) is 6.07 Å². The molecule has 5 nitrogen and oxygen atoms in total. The lowest BCUT2D eigenvalue weighted by Crippen LogP contribution is -2.30. The molecule has 2 N–H and O–H groups in total. The summed E-state index contributed by atoms with van der Waals surface area (Å²) in [4.78, 5) is 17.0. The third-order valence-corrected chi connectivity index (χ3v) is 4.46. The van der Waals surface area contributed by atoms with Gasteiger partial charge in [0.2, 0.25) is 5.91 Å². The van der Waals surface area contributed by atoms with Gasteiger partial charge >= 0.3 is 0 Å². The van der Waals surface area contributed by atoms with Gasteiger partial charge in [-0.25, -0.2) is 4.98 Å². The molecule has 1 aromatic heterocycles. The maximum absolute atomic E-state index is 11.8. The van der Waals surface area contributed by atoms with E-state index in [-0.39, 0.29) is 12.5 Å². The molecule has 0 radical (unpaired) electrons. The van der Waals surface area contributed by atoms with Gasteiger partial charge in [-0.3, -0.25) is 4.79 Å². The van der Waals surface area contributed by atoms with Crippen molar-refractivity contribution in [2.24, 2.45) is 0 Å². The number of nitrogens with zero attached hydrogens (tertiary/aromatic N) is 1. The number of rotatable bonds is 8. The van der Waals surface area contributed by atoms with Gasteiger partial charge in [-0.05, 0) is 23.8 Å². The lowest BCUT2D eigenvalue weighted by atomic mass is 10.1. The van der Waals surface area contributed by atoms with Gasteiger partial charge in [0.1, 0.15) is 0 Å². The third kappa shape index (κ3) is 6.08. The summed E-state index contributed by atoms with van der Waals surface area (Å²) in [5, 5.41) is 7.60. The van der Waals surface area contributed by atoms with E-state index in [0.29, 0.717) is 34.7 Å². The molecule has 1 amide bonds. The van der Waals surface area contributed by atoms with Gasteiger partial charge < -0.3 is 15.4 Å². The Hall–Kier alpha value is -1.18. The zero-order chi connectivity index (χ0) is 16.7. The number of ether oxygens (including phenoxy) is 1. The number of amides is 1. The normalized spacial score (nSPS) is 10.7. The Balaban J connectivity index is 1.88. The van der Waals surface area contributed by atoms with Crippen LogP contribution in [0.1, 0.15) is 10.4 Å². The summed E-state index contributed by atoms with van der Waals surface area (Å²) in [5.41, 5.74) is 0.932. The fourth-order valence-electron chi connectivity index (χ4n) is 1.85. The van der Waals surface area contributed by atoms with Crippen molar-refractivity contribution in [1.29, 1.82) is 0 Å². The molecular weight excluding hydrogens is 357 g/mol. The molecular formula is C15H17Cl2N3O2S. The average molecular weight is 374 g/mol. The third-order valence-electron chi connectivity index (χ3n) is 2.94. The molecule has 124 valence electrons. The van der Waals surface area contributed by atoms with Crippen molar-refractivity contribution in [2.45, 2.75) is 6.42 Å². The summed E-state index contributed by atoms with van der Waals surface area (Å²) in [5.74, 6) is -0.136. The Bertz CT molecular complexity index is 664. The smallest absolute Gasteiger partial charge is 0.240 e. The Labute approximate surface area is 149 Å². The minimum Gasteiger partial charge on any atom is -0.383 e. The van der Waals surface area contributed by atoms with Crippen LogP contribution in [0.3, 0.4) is 0 Å². The van der Waals surface area contributed by atoms with Crippen LogP contribution >= 0.6 is 34.5 Å². The van der Waals surface area contributed by atoms with E-state index in [1.165, 1.54) is 11.3 Å². The number of halogens is 2. The summed E-state index contributed by atoms with van der Waals surface area (Å²) in [6.45, 7) is 1.41. The molecule has 0 saturated carbocycles. The number of thiazole rings is 1. The van der Waals surface area contributed by atoms with E-state index in [0.717, 1.165) is 10.4 Å². The highest BCUT2D eigenvalue weighted by molar-refractivity contribution is 7.15. The summed E-state index contributed by atoms with van der Waals surface area (Å²) < 4.78 is 4.90. The van der Waals surface area contributed by atoms with E-state index in [9.17, 15) is 4.79 Å². The molecule has 0 bridgehead atoms. The fourth-order valence-corrected chi connectivity index (χ4v) is 3.08. The zero-order valence-electron chi connectivity index (χ0n) is 12.6. The van der Waals surface area contributed by atoms with E-state index in [2.05, 4.69) is 15.6 Å². The predicted molar refractivity (Wildman–Crippen MR) is 94.8 cm³/mol. The highest BCUT2D eigenvalue weighted by atomic mass is 35.5. The van der Waals surface area contributed by atoms with E-state index < -0.39 is 0 Å². The van der Waals surface area contributed by atoms with Gasteiger partial charge in [-0.1, -0.05) is 23.2 Å². The zero-order valence-corrected chi connectivity index (χ0v) is 14.9. The van der Waals surface area contributed by atoms with E-state index >= 15 is 0 Å². The van der Waals surface area contributed by atoms with Crippen LogP contribution in [0.4, 0.5) is 5.13 Å². The summed E-state index contributed by atoms with van der Waals surface area (Å²) in [6, 6.07) is 5.36. The summed E-state index contributed by atoms with van der Waals surface area (Å²) in [7, 11) is 1.62. The van der Waals surface area contributed by atoms with Crippen LogP contribution < -0.4 is 10.6 Å². The van der Waals surface area contributed by atoms with Crippen LogP contribution in [0.2, 0.25) is 10.0 Å². The Kier molecular flexibility index (Phi) is 7.26. The van der Waals surface area contributed by atoms with Crippen LogP contribution in [0.15, 0.2) is 24.4 Å². The molecule has 0 aliphatic carbocycles. The lowest BCUT2D eigenvalue weighted by molar-refractivity contribution is -0.115. The molecule has 0 atom stereocenters. The molecule has 0 aliphatic heterocycles. The number of hydrogen-bond acceptors (Lipinski definition) is 5. The monoisotopic (exact) mass is 373 g/mol. The van der Waals surface area contributed by atoms with Crippen molar-refractivity contribution in [3.05, 3.63) is 44.9 Å². The second kappa shape index (κ2) is 9.20. The molecule has 2 rings (SSSR count). The molecule has 0 aliphatic rings. The van der Waals surface area contributed by atoms with Gasteiger partial charge in [0.25, 0.3) is 0 Å². The molecule has 0 saturated heterocycles. The van der Waals surface area contributed by atoms with Crippen molar-refractivity contribution in [3.63, 3.8) is 0 Å². The standard InChI is InChI=1S/C15H17Cl2N3O2S/c1-22-5-4-18-9-14(21)20-15-19-8-12(23-15)7-10-6-11(16)2-3-13(10)17/h2-3,6,8,18H,4-5,7,9H2,1H3,(H,19,20,21). The number of methoxy groups -OCH3 is 1. The largest absolute Gasteiger partial charge is 0.383 e. The molecule has 23 heavy (non-hydrogen) atoms. The number of hydrogen-bond donors (Lipinski definition) is 2. The molecule has 1 aromatic carbocycles. The predicted octanol–water partition coefficient (Wildman–Crippen LogP) is 3.22. The summed E-state index contributed by atoms with van der Waals surface area (Å²) >= 11 is 13.6. The highest BCUT2D eigenvalue weighted by Crippen LogP contribution is 2.26. The maximum Gasteiger partial charge on any atom is 0.240 e. The molecule has 0 unspecified atom stereocenters. The quantitative estimate of drug-likeness (QED) is 0.697. The number of carbonyl (C=O) groups excluding carboxylic acids is 1. The van der Waals surface area contributed by atoms with Gasteiger partial charge in [-0.15, -0.1) is 11.3 Å². The first kappa shape index (κ1) is 18.2. The maximum atomic E-state index is 11.8. The van der Waals surface area contributed by atoms with Crippen molar-refractivity contribution >= 4 is 45.6 Å². The SMILES string of the molecule is COCCNCC(=O)Nc1ncc(Cc2cc(Cl)ccc2Cl)s1. The number of benzene rings is 1. The Morgan fingerprint density at radius 1 is 1.39 bits per heavy atom. The lowest BCUT2D eigenvalue weighted by Gasteiger charge is -2.04. The van der Waals surface area contributed by atoms with Gasteiger partial charge in [0.15, 0.2) is 5.13 Å². The molecule has 0 fully saturated rings. The van der Waals surface area contributed by atoms with Gasteiger partial charge in [0.05, 0.1) is 13.2 Å². The van der Waals surface area contributed by atoms with Crippen LogP contribution in [0, 0.1) is 0 Å². The number of nitrogens with one attached hydrogen (secondary N) is 2. The molecule has 2 aromatic rings. The van der Waals surface area contributed by atoms with E-state index in [1.54, 1.807) is 25.4 Å². The van der Waals surface area contributed by atoms with Crippen molar-refractivity contribution < 1.29 is 9.53 Å². The number of carbonyl (C=O) groups is 1. The van der Waals surface area contributed by atoms with Crippen LogP contribution in [-0.4, -0.2) is 37.7 Å². The second-order valence-electron chi connectivity index (χ2n) is 4.76. The average Bonchev–Trinajstić information content (AvgIpc) is 2.94. The first-order valence-electron chi connectivity index (χ1n) is 6.96. The van der Waals surface area contributed by atoms with Crippen molar-refractivity contribution in [1.82, 2.24) is 10.3 Å². The molecule has 0 spiro atoms. The molecule has 1 heterocycles. The minimum absolute atomic E-state index is 0.136. The Morgan fingerprint density at radius 2 is 2.22 bits per heavy atom. The first-order chi connectivity index (χ1) is 11.1. The van der Waals surface area contributed by atoms with Crippen LogP contribution in [-0.2, 0) is 16.0 Å². The van der Waals surface area contributed by atoms with Crippen molar-refractivity contribution in [3.8, 4) is 0 Å². The topological polar surface area (TPSA) is 63.2 Å². The van der Waals surface area contributed by atoms with Gasteiger partial charge in [-0.2, -0.15) is 0 Å². The van der Waals surface area contributed by atoms with Crippen LogP contribution in [0.5, 0.6) is 0 Å². The fraction of sp³-hybridized carbons (Fsp3) is 0.333. The number of anilines is 1. The summed E-state index contributed by atoms with van der Waals surface area (Å²) in [6.07, 6.45) is 2.36. The minimum atomic E-state index is -0.136. The molecule has 8 heteroatoms. The Morgan fingerprint density at radius 3 is 3.00 bits per heavy atom. The second-order valence-corrected chi connectivity index (χ2v) is 6.72. The number of aromatic nitrogens is 1.